The van der Waals surface area contributed by atoms with E-state index < -0.39 is 0 Å². The molecule has 0 bridgehead atoms. The number of rotatable bonds is 3. The predicted octanol–water partition coefficient (Wildman–Crippen LogP) is 3.58. The van der Waals surface area contributed by atoms with Crippen molar-refractivity contribution in [3.63, 3.8) is 0 Å². The SMILES string of the molecule is CCc1onc(C)c1C1CCCN1C(=O)c1cccs1. The molecule has 0 spiro atoms. The largest absolute Gasteiger partial charge is 0.361 e. The lowest BCUT2D eigenvalue weighted by molar-refractivity contribution is 0.0739. The van der Waals surface area contributed by atoms with E-state index in [2.05, 4.69) is 12.1 Å². The summed E-state index contributed by atoms with van der Waals surface area (Å²) in [6.07, 6.45) is 2.84. The summed E-state index contributed by atoms with van der Waals surface area (Å²) in [4.78, 5) is 15.4. The van der Waals surface area contributed by atoms with Crippen molar-refractivity contribution < 1.29 is 9.32 Å². The van der Waals surface area contributed by atoms with Crippen molar-refractivity contribution in [3.8, 4) is 0 Å². The quantitative estimate of drug-likeness (QED) is 0.868. The molecular weight excluding hydrogens is 272 g/mol. The zero-order chi connectivity index (χ0) is 14.1. The van der Waals surface area contributed by atoms with Crippen LogP contribution in [-0.2, 0) is 6.42 Å². The number of aromatic nitrogens is 1. The van der Waals surface area contributed by atoms with Crippen LogP contribution in [0.3, 0.4) is 0 Å². The first-order valence-electron chi connectivity index (χ1n) is 7.02. The molecule has 1 saturated heterocycles. The number of amides is 1. The van der Waals surface area contributed by atoms with E-state index in [1.165, 1.54) is 11.3 Å². The van der Waals surface area contributed by atoms with Gasteiger partial charge in [-0.25, -0.2) is 0 Å². The average Bonchev–Trinajstić information content (AvgIpc) is 3.17. The van der Waals surface area contributed by atoms with E-state index in [0.29, 0.717) is 0 Å². The molecule has 2 aromatic heterocycles. The fourth-order valence-corrected chi connectivity index (χ4v) is 3.64. The minimum atomic E-state index is 0.116. The molecule has 3 heterocycles. The Labute approximate surface area is 122 Å². The van der Waals surface area contributed by atoms with Gasteiger partial charge in [0.2, 0.25) is 0 Å². The Balaban J connectivity index is 1.93. The van der Waals surface area contributed by atoms with Gasteiger partial charge in [0, 0.05) is 18.5 Å². The molecule has 3 rings (SSSR count). The van der Waals surface area contributed by atoms with Crippen LogP contribution in [0.15, 0.2) is 22.0 Å². The van der Waals surface area contributed by atoms with E-state index in [1.807, 2.05) is 29.3 Å². The number of hydrogen-bond acceptors (Lipinski definition) is 4. The number of likely N-dealkylation sites (tertiary alicyclic amines) is 1. The Morgan fingerprint density at radius 1 is 1.60 bits per heavy atom. The van der Waals surface area contributed by atoms with E-state index in [1.54, 1.807) is 0 Å². The van der Waals surface area contributed by atoms with Gasteiger partial charge < -0.3 is 9.42 Å². The van der Waals surface area contributed by atoms with Gasteiger partial charge in [-0.05, 0) is 31.2 Å². The lowest BCUT2D eigenvalue weighted by atomic mass is 10.0. The fraction of sp³-hybridized carbons (Fsp3) is 0.467. The van der Waals surface area contributed by atoms with E-state index in [0.717, 1.165) is 47.7 Å². The van der Waals surface area contributed by atoms with E-state index >= 15 is 0 Å². The van der Waals surface area contributed by atoms with Crippen molar-refractivity contribution in [2.75, 3.05) is 6.54 Å². The highest BCUT2D eigenvalue weighted by Crippen LogP contribution is 2.37. The van der Waals surface area contributed by atoms with Crippen molar-refractivity contribution >= 4 is 17.2 Å². The molecule has 0 aliphatic carbocycles. The molecule has 1 unspecified atom stereocenters. The van der Waals surface area contributed by atoms with Crippen LogP contribution in [0.25, 0.3) is 0 Å². The van der Waals surface area contributed by atoms with E-state index in [4.69, 9.17) is 4.52 Å². The second-order valence-electron chi connectivity index (χ2n) is 5.09. The van der Waals surface area contributed by atoms with Gasteiger partial charge in [0.25, 0.3) is 5.91 Å². The zero-order valence-corrected chi connectivity index (χ0v) is 12.6. The van der Waals surface area contributed by atoms with Gasteiger partial charge in [-0.15, -0.1) is 11.3 Å². The van der Waals surface area contributed by atoms with Crippen molar-refractivity contribution in [3.05, 3.63) is 39.4 Å². The summed E-state index contributed by atoms with van der Waals surface area (Å²) in [6, 6.07) is 3.93. The van der Waals surface area contributed by atoms with Gasteiger partial charge in [-0.2, -0.15) is 0 Å². The van der Waals surface area contributed by atoms with Crippen molar-refractivity contribution in [1.29, 1.82) is 0 Å². The number of hydrogen-bond donors (Lipinski definition) is 0. The maximum Gasteiger partial charge on any atom is 0.264 e. The van der Waals surface area contributed by atoms with E-state index in [9.17, 15) is 4.79 Å². The second kappa shape index (κ2) is 5.40. The molecule has 0 radical (unpaired) electrons. The monoisotopic (exact) mass is 290 g/mol. The minimum absolute atomic E-state index is 0.116. The molecule has 20 heavy (non-hydrogen) atoms. The standard InChI is InChI=1S/C15H18N2O2S/c1-3-12-14(10(2)16-19-12)11-6-4-8-17(11)15(18)13-7-5-9-20-13/h5,7,9,11H,3-4,6,8H2,1-2H3. The molecule has 5 heteroatoms. The van der Waals surface area contributed by atoms with Gasteiger partial charge in [0.15, 0.2) is 0 Å². The lowest BCUT2D eigenvalue weighted by Crippen LogP contribution is -2.30. The predicted molar refractivity (Wildman–Crippen MR) is 77.9 cm³/mol. The number of nitrogens with zero attached hydrogens (tertiary/aromatic N) is 2. The molecule has 4 nitrogen and oxygen atoms in total. The lowest BCUT2D eigenvalue weighted by Gasteiger charge is -2.24. The Bertz CT molecular complexity index is 603. The molecular formula is C15H18N2O2S. The summed E-state index contributed by atoms with van der Waals surface area (Å²) in [5.41, 5.74) is 2.03. The number of carbonyl (C=O) groups excluding carboxylic acids is 1. The Kier molecular flexibility index (Phi) is 3.61. The first-order chi connectivity index (χ1) is 9.72. The number of thiophene rings is 1. The van der Waals surface area contributed by atoms with Crippen LogP contribution in [0, 0.1) is 6.92 Å². The van der Waals surface area contributed by atoms with E-state index in [-0.39, 0.29) is 11.9 Å². The first-order valence-corrected chi connectivity index (χ1v) is 7.89. The highest BCUT2D eigenvalue weighted by atomic mass is 32.1. The van der Waals surface area contributed by atoms with Crippen molar-refractivity contribution in [2.24, 2.45) is 0 Å². The smallest absolute Gasteiger partial charge is 0.264 e. The Morgan fingerprint density at radius 3 is 3.15 bits per heavy atom. The maximum absolute atomic E-state index is 12.6. The van der Waals surface area contributed by atoms with Crippen molar-refractivity contribution in [1.82, 2.24) is 10.1 Å². The average molecular weight is 290 g/mol. The van der Waals surface area contributed by atoms with Crippen LogP contribution in [0.4, 0.5) is 0 Å². The van der Waals surface area contributed by atoms with Crippen LogP contribution in [0.1, 0.15) is 52.5 Å². The zero-order valence-electron chi connectivity index (χ0n) is 11.8. The molecule has 1 aliphatic heterocycles. The number of carbonyl (C=O) groups is 1. The van der Waals surface area contributed by atoms with Crippen LogP contribution in [0.5, 0.6) is 0 Å². The summed E-state index contributed by atoms with van der Waals surface area (Å²) in [7, 11) is 0. The first kappa shape index (κ1) is 13.4. The molecule has 1 atom stereocenters. The third-order valence-electron chi connectivity index (χ3n) is 3.88. The third-order valence-corrected chi connectivity index (χ3v) is 4.74. The minimum Gasteiger partial charge on any atom is -0.361 e. The molecule has 0 aromatic carbocycles. The van der Waals surface area contributed by atoms with Crippen LogP contribution < -0.4 is 0 Å². The van der Waals surface area contributed by atoms with Crippen LogP contribution in [0.2, 0.25) is 0 Å². The molecule has 106 valence electrons. The van der Waals surface area contributed by atoms with Crippen LogP contribution >= 0.6 is 11.3 Å². The van der Waals surface area contributed by atoms with Crippen molar-refractivity contribution in [2.45, 2.75) is 39.2 Å². The van der Waals surface area contributed by atoms with Gasteiger partial charge in [0.05, 0.1) is 16.6 Å². The summed E-state index contributed by atoms with van der Waals surface area (Å²) >= 11 is 1.50. The summed E-state index contributed by atoms with van der Waals surface area (Å²) in [6.45, 7) is 4.84. The number of aryl methyl sites for hydroxylation is 2. The highest BCUT2D eigenvalue weighted by molar-refractivity contribution is 7.12. The normalized spacial score (nSPS) is 18.7. The molecule has 2 aromatic rings. The van der Waals surface area contributed by atoms with Gasteiger partial charge in [0.1, 0.15) is 5.76 Å². The molecule has 1 amide bonds. The molecule has 1 fully saturated rings. The summed E-state index contributed by atoms with van der Waals surface area (Å²) in [5, 5.41) is 6.02. The Hall–Kier alpha value is -1.62. The van der Waals surface area contributed by atoms with Gasteiger partial charge in [-0.3, -0.25) is 4.79 Å². The topological polar surface area (TPSA) is 46.3 Å². The highest BCUT2D eigenvalue weighted by Gasteiger charge is 2.34. The Morgan fingerprint density at radius 2 is 2.45 bits per heavy atom. The fourth-order valence-electron chi connectivity index (χ4n) is 2.96. The maximum atomic E-state index is 12.6. The molecule has 1 aliphatic rings. The van der Waals surface area contributed by atoms with Gasteiger partial charge in [-0.1, -0.05) is 18.1 Å². The molecule has 0 N–H and O–H groups in total. The summed E-state index contributed by atoms with van der Waals surface area (Å²) in [5.74, 6) is 1.04. The van der Waals surface area contributed by atoms with Gasteiger partial charge >= 0.3 is 0 Å². The second-order valence-corrected chi connectivity index (χ2v) is 6.04. The molecule has 0 saturated carbocycles. The summed E-state index contributed by atoms with van der Waals surface area (Å²) < 4.78 is 5.39. The third kappa shape index (κ3) is 2.16. The van der Waals surface area contributed by atoms with Crippen LogP contribution in [-0.4, -0.2) is 22.5 Å².